The van der Waals surface area contributed by atoms with E-state index < -0.39 is 0 Å². The van der Waals surface area contributed by atoms with Gasteiger partial charge in [-0.1, -0.05) is 35.0 Å². The van der Waals surface area contributed by atoms with Gasteiger partial charge >= 0.3 is 0 Å². The molecule has 3 rings (SSSR count). The third kappa shape index (κ3) is 2.65. The van der Waals surface area contributed by atoms with E-state index in [2.05, 4.69) is 9.97 Å². The smallest absolute Gasteiger partial charge is 0.222 e. The number of fused-ring (bicyclic) bond motifs is 1. The van der Waals surface area contributed by atoms with E-state index in [1.54, 1.807) is 17.4 Å². The van der Waals surface area contributed by atoms with Crippen LogP contribution < -0.4 is 5.73 Å². The van der Waals surface area contributed by atoms with Crippen molar-refractivity contribution in [3.63, 3.8) is 0 Å². The molecule has 0 saturated heterocycles. The number of anilines is 1. The Kier molecular flexibility index (Phi) is 3.54. The van der Waals surface area contributed by atoms with E-state index in [0.717, 1.165) is 20.1 Å². The molecule has 2 heterocycles. The molecule has 1 aromatic carbocycles. The average Bonchev–Trinajstić information content (AvgIpc) is 2.82. The fourth-order valence-electron chi connectivity index (χ4n) is 1.57. The minimum absolute atomic E-state index is 0.275. The standard InChI is InChI=1S/C12H7Cl2N3S2/c13-8-2-1-6(5-9(8)14)19-11-7-3-4-18-10(7)16-12(15)17-11/h1-5H,(H2,15,16,17). The lowest BCUT2D eigenvalue weighted by molar-refractivity contribution is 1.12. The third-order valence-electron chi connectivity index (χ3n) is 2.41. The van der Waals surface area contributed by atoms with Crippen molar-refractivity contribution < 1.29 is 0 Å². The van der Waals surface area contributed by atoms with Crippen LogP contribution in [0, 0.1) is 0 Å². The molecule has 0 aliphatic heterocycles. The van der Waals surface area contributed by atoms with E-state index in [1.807, 2.05) is 23.6 Å². The zero-order chi connectivity index (χ0) is 13.4. The lowest BCUT2D eigenvalue weighted by Gasteiger charge is -2.04. The second kappa shape index (κ2) is 5.17. The van der Waals surface area contributed by atoms with Crippen molar-refractivity contribution in [2.45, 2.75) is 9.92 Å². The number of halogens is 2. The molecule has 0 fully saturated rings. The molecular formula is C12H7Cl2N3S2. The molecular weight excluding hydrogens is 321 g/mol. The second-order valence-electron chi connectivity index (χ2n) is 3.70. The van der Waals surface area contributed by atoms with Crippen LogP contribution in [0.4, 0.5) is 5.95 Å². The molecule has 2 aromatic heterocycles. The van der Waals surface area contributed by atoms with Crippen LogP contribution >= 0.6 is 46.3 Å². The van der Waals surface area contributed by atoms with Gasteiger partial charge in [-0.2, -0.15) is 0 Å². The molecule has 2 N–H and O–H groups in total. The molecule has 0 spiro atoms. The normalized spacial score (nSPS) is 11.1. The number of benzene rings is 1. The molecule has 0 amide bonds. The van der Waals surface area contributed by atoms with Crippen LogP contribution in [0.1, 0.15) is 0 Å². The quantitative estimate of drug-likeness (QED) is 0.691. The van der Waals surface area contributed by atoms with Gasteiger partial charge in [0.1, 0.15) is 9.86 Å². The van der Waals surface area contributed by atoms with Gasteiger partial charge in [0.15, 0.2) is 0 Å². The fraction of sp³-hybridized carbons (Fsp3) is 0. The summed E-state index contributed by atoms with van der Waals surface area (Å²) in [5, 5.41) is 4.85. The van der Waals surface area contributed by atoms with Crippen molar-refractivity contribution in [3.8, 4) is 0 Å². The van der Waals surface area contributed by atoms with E-state index in [4.69, 9.17) is 28.9 Å². The lowest BCUT2D eigenvalue weighted by atomic mass is 10.4. The van der Waals surface area contributed by atoms with Crippen LogP contribution in [0.5, 0.6) is 0 Å². The summed E-state index contributed by atoms with van der Waals surface area (Å²) in [7, 11) is 0. The number of nitrogens with zero attached hydrogens (tertiary/aromatic N) is 2. The molecule has 3 aromatic rings. The summed E-state index contributed by atoms with van der Waals surface area (Å²) in [6.45, 7) is 0. The predicted molar refractivity (Wildman–Crippen MR) is 82.4 cm³/mol. The zero-order valence-electron chi connectivity index (χ0n) is 9.43. The monoisotopic (exact) mass is 327 g/mol. The Morgan fingerprint density at radius 3 is 2.74 bits per heavy atom. The Morgan fingerprint density at radius 1 is 1.11 bits per heavy atom. The van der Waals surface area contributed by atoms with Gasteiger partial charge in [-0.15, -0.1) is 11.3 Å². The summed E-state index contributed by atoms with van der Waals surface area (Å²) in [6.07, 6.45) is 0. The predicted octanol–water partition coefficient (Wildman–Crippen LogP) is 4.73. The van der Waals surface area contributed by atoms with Gasteiger partial charge in [0.05, 0.1) is 10.0 Å². The van der Waals surface area contributed by atoms with E-state index in [9.17, 15) is 0 Å². The summed E-state index contributed by atoms with van der Waals surface area (Å²) in [5.74, 6) is 0.275. The highest BCUT2D eigenvalue weighted by Crippen LogP contribution is 2.36. The summed E-state index contributed by atoms with van der Waals surface area (Å²) in [5.41, 5.74) is 5.72. The van der Waals surface area contributed by atoms with Crippen LogP contribution in [0.15, 0.2) is 39.6 Å². The first-order chi connectivity index (χ1) is 9.13. The van der Waals surface area contributed by atoms with Crippen LogP contribution in [0.3, 0.4) is 0 Å². The Balaban J connectivity index is 2.04. The highest BCUT2D eigenvalue weighted by molar-refractivity contribution is 7.99. The molecule has 19 heavy (non-hydrogen) atoms. The number of thiophene rings is 1. The van der Waals surface area contributed by atoms with Crippen molar-refractivity contribution in [1.29, 1.82) is 0 Å². The summed E-state index contributed by atoms with van der Waals surface area (Å²) < 4.78 is 0. The van der Waals surface area contributed by atoms with Crippen molar-refractivity contribution in [1.82, 2.24) is 9.97 Å². The average molecular weight is 328 g/mol. The van der Waals surface area contributed by atoms with Gasteiger partial charge in [-0.3, -0.25) is 0 Å². The van der Waals surface area contributed by atoms with Crippen molar-refractivity contribution in [2.24, 2.45) is 0 Å². The van der Waals surface area contributed by atoms with Gasteiger partial charge in [0.2, 0.25) is 5.95 Å². The first-order valence-corrected chi connectivity index (χ1v) is 7.72. The third-order valence-corrected chi connectivity index (χ3v) is 4.95. The van der Waals surface area contributed by atoms with Crippen molar-refractivity contribution in [3.05, 3.63) is 39.7 Å². The Bertz CT molecular complexity index is 758. The molecule has 0 aliphatic carbocycles. The van der Waals surface area contributed by atoms with E-state index in [-0.39, 0.29) is 5.95 Å². The van der Waals surface area contributed by atoms with E-state index in [1.165, 1.54) is 11.8 Å². The van der Waals surface area contributed by atoms with Gasteiger partial charge in [-0.05, 0) is 29.6 Å². The van der Waals surface area contributed by atoms with Crippen LogP contribution in [-0.2, 0) is 0 Å². The second-order valence-corrected chi connectivity index (χ2v) is 6.48. The molecule has 3 nitrogen and oxygen atoms in total. The molecule has 0 saturated carbocycles. The molecule has 7 heteroatoms. The van der Waals surface area contributed by atoms with Crippen molar-refractivity contribution in [2.75, 3.05) is 5.73 Å². The molecule has 0 atom stereocenters. The maximum atomic E-state index is 6.01. The number of rotatable bonds is 2. The molecule has 0 unspecified atom stereocenters. The molecule has 0 radical (unpaired) electrons. The van der Waals surface area contributed by atoms with Gasteiger partial charge in [0.25, 0.3) is 0 Å². The topological polar surface area (TPSA) is 51.8 Å². The highest BCUT2D eigenvalue weighted by atomic mass is 35.5. The fourth-order valence-corrected chi connectivity index (χ4v) is 3.72. The minimum Gasteiger partial charge on any atom is -0.368 e. The minimum atomic E-state index is 0.275. The van der Waals surface area contributed by atoms with Gasteiger partial charge in [0, 0.05) is 10.3 Å². The first-order valence-electron chi connectivity index (χ1n) is 5.27. The summed E-state index contributed by atoms with van der Waals surface area (Å²) >= 11 is 14.9. The highest BCUT2D eigenvalue weighted by Gasteiger charge is 2.10. The number of hydrogen-bond donors (Lipinski definition) is 1. The SMILES string of the molecule is Nc1nc(Sc2ccc(Cl)c(Cl)c2)c2ccsc2n1. The lowest BCUT2D eigenvalue weighted by Crippen LogP contribution is -1.95. The van der Waals surface area contributed by atoms with Gasteiger partial charge < -0.3 is 5.73 Å². The number of aromatic nitrogens is 2. The Labute approximate surface area is 127 Å². The van der Waals surface area contributed by atoms with E-state index >= 15 is 0 Å². The summed E-state index contributed by atoms with van der Waals surface area (Å²) in [4.78, 5) is 10.3. The number of nitrogen functional groups attached to an aromatic ring is 1. The van der Waals surface area contributed by atoms with Crippen LogP contribution in [0.2, 0.25) is 10.0 Å². The van der Waals surface area contributed by atoms with Gasteiger partial charge in [-0.25, -0.2) is 9.97 Å². The first kappa shape index (κ1) is 13.0. The largest absolute Gasteiger partial charge is 0.368 e. The number of hydrogen-bond acceptors (Lipinski definition) is 5. The van der Waals surface area contributed by atoms with E-state index in [0.29, 0.717) is 10.0 Å². The maximum absolute atomic E-state index is 6.01. The Hall–Kier alpha value is -1.01. The zero-order valence-corrected chi connectivity index (χ0v) is 12.6. The maximum Gasteiger partial charge on any atom is 0.222 e. The van der Waals surface area contributed by atoms with Crippen molar-refractivity contribution >= 4 is 62.5 Å². The molecule has 0 bridgehead atoms. The molecule has 0 aliphatic rings. The van der Waals surface area contributed by atoms with Crippen LogP contribution in [-0.4, -0.2) is 9.97 Å². The van der Waals surface area contributed by atoms with Crippen LogP contribution in [0.25, 0.3) is 10.2 Å². The summed E-state index contributed by atoms with van der Waals surface area (Å²) in [6, 6.07) is 7.46. The molecule has 96 valence electrons. The number of nitrogens with two attached hydrogens (primary N) is 1. The Morgan fingerprint density at radius 2 is 1.95 bits per heavy atom.